The molecule has 0 atom stereocenters. The lowest BCUT2D eigenvalue weighted by Gasteiger charge is -2.34. The number of carbonyl (C=O) groups is 1. The number of allylic oxidation sites excluding steroid dienone is 1. The smallest absolute Gasteiger partial charge is 0.398 e. The van der Waals surface area contributed by atoms with Crippen LogP contribution in [0.4, 0.5) is 30.5 Å². The Kier molecular flexibility index (Phi) is 7.77. The molecule has 9 nitrogen and oxygen atoms in total. The van der Waals surface area contributed by atoms with Gasteiger partial charge in [0.25, 0.3) is 5.91 Å². The van der Waals surface area contributed by atoms with E-state index in [9.17, 15) is 18.0 Å². The van der Waals surface area contributed by atoms with Crippen molar-refractivity contribution in [3.8, 4) is 0 Å². The maximum absolute atomic E-state index is 13.5. The maximum Gasteiger partial charge on any atom is 0.433 e. The molecule has 3 heterocycles. The van der Waals surface area contributed by atoms with Crippen molar-refractivity contribution in [3.05, 3.63) is 78.1 Å². The molecule has 1 fully saturated rings. The molecule has 4 rings (SSSR count). The summed E-state index contributed by atoms with van der Waals surface area (Å²) in [6.07, 6.45) is -1.24. The van der Waals surface area contributed by atoms with Crippen LogP contribution in [-0.4, -0.2) is 71.1 Å². The molecule has 1 aliphatic heterocycles. The first-order valence-corrected chi connectivity index (χ1v) is 11.4. The molecule has 0 unspecified atom stereocenters. The van der Waals surface area contributed by atoms with Gasteiger partial charge in [-0.05, 0) is 55.6 Å². The predicted octanol–water partition coefficient (Wildman–Crippen LogP) is 3.51. The number of hydrogen-bond acceptors (Lipinski definition) is 8. The number of halogens is 3. The van der Waals surface area contributed by atoms with E-state index in [1.54, 1.807) is 24.3 Å². The summed E-state index contributed by atoms with van der Waals surface area (Å²) < 4.78 is 40.6. The van der Waals surface area contributed by atoms with Gasteiger partial charge in [-0.25, -0.2) is 4.99 Å². The molecule has 1 amide bonds. The van der Waals surface area contributed by atoms with Crippen LogP contribution in [0.1, 0.15) is 15.9 Å². The van der Waals surface area contributed by atoms with Gasteiger partial charge in [0.15, 0.2) is 11.6 Å². The summed E-state index contributed by atoms with van der Waals surface area (Å²) in [7, 11) is 2.07. The number of aliphatic imine (C=N–C) groups is 1. The molecule has 0 saturated carbocycles. The Labute approximate surface area is 211 Å². The van der Waals surface area contributed by atoms with Gasteiger partial charge in [-0.2, -0.15) is 13.2 Å². The Hall–Kier alpha value is -4.32. The molecule has 1 aliphatic rings. The van der Waals surface area contributed by atoms with Gasteiger partial charge in [0.1, 0.15) is 5.71 Å². The highest BCUT2D eigenvalue weighted by Gasteiger charge is 2.34. The number of benzene rings is 1. The van der Waals surface area contributed by atoms with Crippen molar-refractivity contribution in [1.29, 1.82) is 0 Å². The molecule has 3 aromatic rings. The zero-order valence-corrected chi connectivity index (χ0v) is 20.0. The number of likely N-dealkylation sites (N-methyl/N-ethyl adjacent to an activating group) is 1. The van der Waals surface area contributed by atoms with Gasteiger partial charge < -0.3 is 20.9 Å². The minimum atomic E-state index is -4.78. The summed E-state index contributed by atoms with van der Waals surface area (Å²) in [5.41, 5.74) is 6.08. The van der Waals surface area contributed by atoms with E-state index < -0.39 is 17.8 Å². The number of aromatic nitrogens is 3. The van der Waals surface area contributed by atoms with Gasteiger partial charge >= 0.3 is 6.18 Å². The van der Waals surface area contributed by atoms with E-state index in [2.05, 4.69) is 42.3 Å². The molecule has 1 saturated heterocycles. The zero-order chi connectivity index (χ0) is 26.4. The van der Waals surface area contributed by atoms with Crippen molar-refractivity contribution in [2.24, 2.45) is 10.7 Å². The number of nitrogens with two attached hydrogens (primary N) is 1. The molecule has 12 heteroatoms. The minimum absolute atomic E-state index is 0.0768. The summed E-state index contributed by atoms with van der Waals surface area (Å²) in [6, 6.07) is 12.9. The summed E-state index contributed by atoms with van der Waals surface area (Å²) in [4.78, 5) is 24.6. The first kappa shape index (κ1) is 25.8. The lowest BCUT2D eigenvalue weighted by Crippen LogP contribution is -2.44. The number of piperazine rings is 1. The van der Waals surface area contributed by atoms with Gasteiger partial charge in [-0.1, -0.05) is 6.07 Å². The van der Waals surface area contributed by atoms with Crippen molar-refractivity contribution >= 4 is 34.6 Å². The standard InChI is InChI=1S/C25H25F3N8O/c1-35-10-12-36(13-11-35)19-6-2-4-17(14-19)24(37)32-23-8-7-22(33-34-23)31-21(25(26,27)28)15-20(29)18-5-3-9-30-16-18/h2-9,14-16H,10-13,29H2,1H3,(H,32,34,37). The van der Waals surface area contributed by atoms with Crippen LogP contribution in [0.3, 0.4) is 0 Å². The molecule has 1 aromatic carbocycles. The Morgan fingerprint density at radius 3 is 2.46 bits per heavy atom. The van der Waals surface area contributed by atoms with Gasteiger partial charge in [0, 0.05) is 61.1 Å². The van der Waals surface area contributed by atoms with E-state index in [0.29, 0.717) is 17.2 Å². The fourth-order valence-electron chi connectivity index (χ4n) is 3.61. The van der Waals surface area contributed by atoms with E-state index in [1.165, 1.54) is 30.6 Å². The van der Waals surface area contributed by atoms with Crippen LogP contribution >= 0.6 is 0 Å². The van der Waals surface area contributed by atoms with Crippen LogP contribution in [0.15, 0.2) is 72.0 Å². The van der Waals surface area contributed by atoms with E-state index in [1.807, 2.05) is 6.07 Å². The average Bonchev–Trinajstić information content (AvgIpc) is 2.90. The van der Waals surface area contributed by atoms with E-state index in [-0.39, 0.29) is 17.3 Å². The average molecular weight is 511 g/mol. The minimum Gasteiger partial charge on any atom is -0.398 e. The Morgan fingerprint density at radius 2 is 1.81 bits per heavy atom. The molecule has 2 aromatic heterocycles. The van der Waals surface area contributed by atoms with E-state index >= 15 is 0 Å². The number of rotatable bonds is 6. The predicted molar refractivity (Wildman–Crippen MR) is 136 cm³/mol. The van der Waals surface area contributed by atoms with Crippen LogP contribution in [0, 0.1) is 0 Å². The normalized spacial score (nSPS) is 15.5. The lowest BCUT2D eigenvalue weighted by atomic mass is 10.1. The van der Waals surface area contributed by atoms with Crippen LogP contribution in [0.25, 0.3) is 5.70 Å². The molecular formula is C25H25F3N8O. The van der Waals surface area contributed by atoms with Crippen LogP contribution in [-0.2, 0) is 0 Å². The second-order valence-corrected chi connectivity index (χ2v) is 8.41. The SMILES string of the molecule is CN1CCN(c2cccc(C(=O)Nc3ccc(N=C(C=C(N)c4cccnc4)C(F)(F)F)nn3)c2)CC1. The van der Waals surface area contributed by atoms with Crippen molar-refractivity contribution in [1.82, 2.24) is 20.1 Å². The zero-order valence-electron chi connectivity index (χ0n) is 20.0. The van der Waals surface area contributed by atoms with Crippen LogP contribution in [0.5, 0.6) is 0 Å². The van der Waals surface area contributed by atoms with Crippen molar-refractivity contribution in [2.75, 3.05) is 43.4 Å². The molecule has 37 heavy (non-hydrogen) atoms. The lowest BCUT2D eigenvalue weighted by molar-refractivity contribution is -0.0576. The second kappa shape index (κ2) is 11.2. The quantitative estimate of drug-likeness (QED) is 0.488. The van der Waals surface area contributed by atoms with Gasteiger partial charge in [-0.15, -0.1) is 10.2 Å². The van der Waals surface area contributed by atoms with Crippen LogP contribution < -0.4 is 16.0 Å². The summed E-state index contributed by atoms with van der Waals surface area (Å²) in [5, 5.41) is 10.1. The third kappa shape index (κ3) is 6.88. The number of nitrogens with one attached hydrogen (secondary N) is 1. The first-order valence-electron chi connectivity index (χ1n) is 11.4. The Morgan fingerprint density at radius 1 is 1.05 bits per heavy atom. The summed E-state index contributed by atoms with van der Waals surface area (Å²) in [6.45, 7) is 3.58. The van der Waals surface area contributed by atoms with E-state index in [0.717, 1.165) is 31.9 Å². The number of hydrogen-bond donors (Lipinski definition) is 2. The van der Waals surface area contributed by atoms with E-state index in [4.69, 9.17) is 5.73 Å². The number of nitrogens with zero attached hydrogens (tertiary/aromatic N) is 6. The maximum atomic E-state index is 13.5. The summed E-state index contributed by atoms with van der Waals surface area (Å²) >= 11 is 0. The third-order valence-electron chi connectivity index (χ3n) is 5.68. The molecule has 0 aliphatic carbocycles. The van der Waals surface area contributed by atoms with Gasteiger partial charge in [-0.3, -0.25) is 9.78 Å². The highest BCUT2D eigenvalue weighted by molar-refractivity contribution is 6.05. The molecule has 0 bridgehead atoms. The molecule has 3 N–H and O–H groups in total. The fourth-order valence-corrected chi connectivity index (χ4v) is 3.61. The first-order chi connectivity index (χ1) is 17.7. The van der Waals surface area contributed by atoms with Gasteiger partial charge in [0.2, 0.25) is 0 Å². The van der Waals surface area contributed by atoms with Crippen molar-refractivity contribution in [2.45, 2.75) is 6.18 Å². The van der Waals surface area contributed by atoms with Crippen molar-refractivity contribution in [3.63, 3.8) is 0 Å². The Bertz CT molecular complexity index is 1290. The Balaban J connectivity index is 1.47. The number of carbonyl (C=O) groups excluding carboxylic acids is 1. The molecular weight excluding hydrogens is 485 g/mol. The fraction of sp³-hybridized carbons (Fsp3) is 0.240. The van der Waals surface area contributed by atoms with Crippen LogP contribution in [0.2, 0.25) is 0 Å². The highest BCUT2D eigenvalue weighted by Crippen LogP contribution is 2.24. The van der Waals surface area contributed by atoms with Crippen molar-refractivity contribution < 1.29 is 18.0 Å². The molecule has 192 valence electrons. The van der Waals surface area contributed by atoms with Gasteiger partial charge in [0.05, 0.1) is 0 Å². The third-order valence-corrected chi connectivity index (χ3v) is 5.68. The monoisotopic (exact) mass is 510 g/mol. The summed E-state index contributed by atoms with van der Waals surface area (Å²) in [5.74, 6) is -0.629. The topological polar surface area (TPSA) is 113 Å². The molecule has 0 spiro atoms. The largest absolute Gasteiger partial charge is 0.433 e. The number of pyridine rings is 1. The highest BCUT2D eigenvalue weighted by atomic mass is 19.4. The number of alkyl halides is 3. The number of amides is 1. The number of anilines is 2. The molecule has 0 radical (unpaired) electrons. The second-order valence-electron chi connectivity index (χ2n) is 8.41.